The summed E-state index contributed by atoms with van der Waals surface area (Å²) < 4.78 is 0. The van der Waals surface area contributed by atoms with E-state index in [1.54, 1.807) is 0 Å². The average Bonchev–Trinajstić information content (AvgIpc) is 2.38. The third-order valence-corrected chi connectivity index (χ3v) is 4.62. The summed E-state index contributed by atoms with van der Waals surface area (Å²) in [6.07, 6.45) is 14.2. The second-order valence-corrected chi connectivity index (χ2v) is 6.59. The Kier molecular flexibility index (Phi) is 8.75. The molecule has 108 valence electrons. The Bertz CT molecular complexity index is 188. The van der Waals surface area contributed by atoms with Crippen LogP contribution < -0.4 is 5.32 Å². The van der Waals surface area contributed by atoms with Gasteiger partial charge in [-0.3, -0.25) is 0 Å². The minimum atomic E-state index is 0.821. The van der Waals surface area contributed by atoms with Crippen LogP contribution in [0.4, 0.5) is 0 Å². The van der Waals surface area contributed by atoms with E-state index in [1.165, 1.54) is 70.8 Å². The first-order valence-corrected chi connectivity index (χ1v) is 8.47. The van der Waals surface area contributed by atoms with Crippen molar-refractivity contribution in [3.05, 3.63) is 0 Å². The summed E-state index contributed by atoms with van der Waals surface area (Å²) in [6.45, 7) is 8.32. The number of hydrogen-bond acceptors (Lipinski definition) is 1. The van der Waals surface area contributed by atoms with Crippen molar-refractivity contribution in [3.63, 3.8) is 0 Å². The molecule has 0 amide bonds. The first kappa shape index (κ1) is 16.0. The van der Waals surface area contributed by atoms with Gasteiger partial charge < -0.3 is 5.32 Å². The lowest BCUT2D eigenvalue weighted by molar-refractivity contribution is 0.231. The highest BCUT2D eigenvalue weighted by Gasteiger charge is 2.23. The van der Waals surface area contributed by atoms with Crippen LogP contribution in [0.15, 0.2) is 0 Å². The molecular formula is C17H35N. The molecule has 0 aromatic carbocycles. The van der Waals surface area contributed by atoms with Crippen LogP contribution in [0, 0.1) is 11.8 Å². The number of unbranched alkanes of at least 4 members (excludes halogenated alkanes) is 5. The Morgan fingerprint density at radius 3 is 2.44 bits per heavy atom. The smallest absolute Gasteiger partial charge is 0.00698 e. The topological polar surface area (TPSA) is 12.0 Å². The van der Waals surface area contributed by atoms with E-state index in [0.717, 1.165) is 17.9 Å². The van der Waals surface area contributed by atoms with Gasteiger partial charge in [-0.2, -0.15) is 0 Å². The summed E-state index contributed by atoms with van der Waals surface area (Å²) in [7, 11) is 0. The zero-order chi connectivity index (χ0) is 13.2. The molecule has 1 aliphatic rings. The van der Waals surface area contributed by atoms with E-state index >= 15 is 0 Å². The van der Waals surface area contributed by atoms with Gasteiger partial charge in [-0.05, 0) is 37.6 Å². The van der Waals surface area contributed by atoms with Crippen LogP contribution in [0.25, 0.3) is 0 Å². The van der Waals surface area contributed by atoms with Crippen LogP contribution in [-0.2, 0) is 0 Å². The molecule has 1 nitrogen and oxygen atoms in total. The van der Waals surface area contributed by atoms with Gasteiger partial charge in [0.1, 0.15) is 0 Å². The minimum Gasteiger partial charge on any atom is -0.314 e. The Balaban J connectivity index is 1.98. The van der Waals surface area contributed by atoms with E-state index in [9.17, 15) is 0 Å². The van der Waals surface area contributed by atoms with E-state index in [1.807, 2.05) is 0 Å². The third kappa shape index (κ3) is 6.78. The maximum absolute atomic E-state index is 3.80. The van der Waals surface area contributed by atoms with E-state index in [2.05, 4.69) is 26.1 Å². The minimum absolute atomic E-state index is 0.821. The second-order valence-electron chi connectivity index (χ2n) is 6.59. The van der Waals surface area contributed by atoms with Crippen LogP contribution in [0.5, 0.6) is 0 Å². The summed E-state index contributed by atoms with van der Waals surface area (Å²) in [5, 5.41) is 3.80. The molecular weight excluding hydrogens is 218 g/mol. The monoisotopic (exact) mass is 253 g/mol. The van der Waals surface area contributed by atoms with Crippen molar-refractivity contribution in [1.29, 1.82) is 0 Å². The van der Waals surface area contributed by atoms with Crippen molar-refractivity contribution in [1.82, 2.24) is 5.32 Å². The van der Waals surface area contributed by atoms with E-state index in [-0.39, 0.29) is 0 Å². The van der Waals surface area contributed by atoms with Crippen LogP contribution in [-0.4, -0.2) is 12.6 Å². The fourth-order valence-electron chi connectivity index (χ4n) is 3.23. The molecule has 0 heterocycles. The van der Waals surface area contributed by atoms with Gasteiger partial charge >= 0.3 is 0 Å². The molecule has 0 aromatic rings. The zero-order valence-electron chi connectivity index (χ0n) is 13.0. The van der Waals surface area contributed by atoms with Crippen molar-refractivity contribution in [2.75, 3.05) is 6.54 Å². The Morgan fingerprint density at radius 2 is 1.72 bits per heavy atom. The summed E-state index contributed by atoms with van der Waals surface area (Å²) in [5.41, 5.74) is 0. The van der Waals surface area contributed by atoms with Crippen molar-refractivity contribution in [2.45, 2.75) is 91.0 Å². The molecule has 1 N–H and O–H groups in total. The molecule has 2 unspecified atom stereocenters. The van der Waals surface area contributed by atoms with E-state index in [4.69, 9.17) is 0 Å². The molecule has 1 heteroatoms. The summed E-state index contributed by atoms with van der Waals surface area (Å²) in [5.74, 6) is 1.85. The molecule has 1 aliphatic carbocycles. The summed E-state index contributed by atoms with van der Waals surface area (Å²) in [6, 6.07) is 0.821. The predicted molar refractivity (Wildman–Crippen MR) is 82.0 cm³/mol. The first-order chi connectivity index (χ1) is 8.74. The molecule has 0 aliphatic heterocycles. The van der Waals surface area contributed by atoms with Gasteiger partial charge in [-0.25, -0.2) is 0 Å². The van der Waals surface area contributed by atoms with Gasteiger partial charge in [0.15, 0.2) is 0 Å². The van der Waals surface area contributed by atoms with Crippen LogP contribution in [0.3, 0.4) is 0 Å². The summed E-state index contributed by atoms with van der Waals surface area (Å²) in [4.78, 5) is 0. The standard InChI is InChI=1S/C17H35N/c1-4-5-6-7-8-9-13-18-17-12-10-11-16(14-17)15(2)3/h15-18H,4-14H2,1-3H3. The second kappa shape index (κ2) is 9.83. The van der Waals surface area contributed by atoms with Crippen molar-refractivity contribution < 1.29 is 0 Å². The highest BCUT2D eigenvalue weighted by molar-refractivity contribution is 4.79. The fourth-order valence-corrected chi connectivity index (χ4v) is 3.23. The SMILES string of the molecule is CCCCCCCCNC1CCCC(C(C)C)C1. The zero-order valence-corrected chi connectivity index (χ0v) is 13.0. The van der Waals surface area contributed by atoms with Gasteiger partial charge in [-0.1, -0.05) is 65.7 Å². The lowest BCUT2D eigenvalue weighted by Gasteiger charge is -2.32. The Morgan fingerprint density at radius 1 is 1.00 bits per heavy atom. The molecule has 0 spiro atoms. The highest BCUT2D eigenvalue weighted by atomic mass is 14.9. The van der Waals surface area contributed by atoms with Gasteiger partial charge in [0.25, 0.3) is 0 Å². The fraction of sp³-hybridized carbons (Fsp3) is 1.00. The molecule has 0 saturated heterocycles. The molecule has 18 heavy (non-hydrogen) atoms. The normalized spacial score (nSPS) is 24.7. The lowest BCUT2D eigenvalue weighted by Crippen LogP contribution is -2.36. The van der Waals surface area contributed by atoms with Crippen molar-refractivity contribution in [3.8, 4) is 0 Å². The third-order valence-electron chi connectivity index (χ3n) is 4.62. The van der Waals surface area contributed by atoms with Crippen LogP contribution in [0.1, 0.15) is 85.0 Å². The molecule has 1 rings (SSSR count). The van der Waals surface area contributed by atoms with Crippen molar-refractivity contribution >= 4 is 0 Å². The van der Waals surface area contributed by atoms with E-state index in [0.29, 0.717) is 0 Å². The van der Waals surface area contributed by atoms with Gasteiger partial charge in [-0.15, -0.1) is 0 Å². The summed E-state index contributed by atoms with van der Waals surface area (Å²) >= 11 is 0. The largest absolute Gasteiger partial charge is 0.314 e. The highest BCUT2D eigenvalue weighted by Crippen LogP contribution is 2.29. The molecule has 0 radical (unpaired) electrons. The molecule has 0 bridgehead atoms. The number of nitrogens with one attached hydrogen (secondary N) is 1. The predicted octanol–water partition coefficient (Wildman–Crippen LogP) is 5.15. The molecule has 1 saturated carbocycles. The van der Waals surface area contributed by atoms with Gasteiger partial charge in [0, 0.05) is 6.04 Å². The Hall–Kier alpha value is -0.0400. The van der Waals surface area contributed by atoms with Crippen LogP contribution in [0.2, 0.25) is 0 Å². The van der Waals surface area contributed by atoms with Crippen molar-refractivity contribution in [2.24, 2.45) is 11.8 Å². The molecule has 0 aromatic heterocycles. The van der Waals surface area contributed by atoms with Gasteiger partial charge in [0.05, 0.1) is 0 Å². The van der Waals surface area contributed by atoms with E-state index < -0.39 is 0 Å². The maximum atomic E-state index is 3.80. The molecule has 1 fully saturated rings. The molecule has 2 atom stereocenters. The first-order valence-electron chi connectivity index (χ1n) is 8.47. The maximum Gasteiger partial charge on any atom is 0.00698 e. The number of rotatable bonds is 9. The Labute approximate surface area is 115 Å². The quantitative estimate of drug-likeness (QED) is 0.560. The number of hydrogen-bond donors (Lipinski definition) is 1. The van der Waals surface area contributed by atoms with Crippen LogP contribution >= 0.6 is 0 Å². The van der Waals surface area contributed by atoms with Gasteiger partial charge in [0.2, 0.25) is 0 Å². The average molecular weight is 253 g/mol. The lowest BCUT2D eigenvalue weighted by atomic mass is 9.79.